The van der Waals surface area contributed by atoms with Crippen LogP contribution in [0.15, 0.2) is 41.7 Å². The third-order valence-electron chi connectivity index (χ3n) is 4.52. The van der Waals surface area contributed by atoms with Crippen molar-refractivity contribution < 1.29 is 8.78 Å². The van der Waals surface area contributed by atoms with Gasteiger partial charge in [-0.05, 0) is 17.7 Å². The molecule has 2 aromatic rings. The van der Waals surface area contributed by atoms with Gasteiger partial charge < -0.3 is 10.6 Å². The number of nitrogens with zero attached hydrogens (tertiary/aromatic N) is 4. The van der Waals surface area contributed by atoms with Crippen molar-refractivity contribution in [3.8, 4) is 0 Å². The lowest BCUT2D eigenvalue weighted by Crippen LogP contribution is -2.40. The molecule has 25 heavy (non-hydrogen) atoms. The average molecular weight is 384 g/mol. The van der Waals surface area contributed by atoms with Crippen LogP contribution in [0, 0.1) is 17.6 Å². The van der Waals surface area contributed by atoms with Crippen LogP contribution in [0.1, 0.15) is 5.56 Å². The Hall–Kier alpha value is -1.93. The maximum Gasteiger partial charge on any atom is 0.225 e. The molecule has 2 atom stereocenters. The van der Waals surface area contributed by atoms with Gasteiger partial charge in [0.2, 0.25) is 5.95 Å². The van der Waals surface area contributed by atoms with Crippen molar-refractivity contribution in [3.63, 3.8) is 0 Å². The quantitative estimate of drug-likeness (QED) is 0.863. The number of rotatable bonds is 2. The second kappa shape index (κ2) is 6.76. The number of fused-ring (bicyclic) bond motifs is 1. The van der Waals surface area contributed by atoms with Gasteiger partial charge in [0.1, 0.15) is 11.4 Å². The standard InChI is InChI=1S/C16H15F2N5S.ClH/c17-12-3-1-10(2-4-12)16-9-23(15-20-5-13(18)6-21-15)7-11(16)8-24-14(19)22-16;/h1-6,11H,7-9H2,(H2,19,22);1H/t11-,16+;/m0./s1. The molecule has 4 rings (SSSR count). The normalized spacial score (nSPS) is 25.1. The Balaban J connectivity index is 0.00000182. The van der Waals surface area contributed by atoms with Crippen LogP contribution >= 0.6 is 24.2 Å². The van der Waals surface area contributed by atoms with E-state index in [9.17, 15) is 8.78 Å². The molecule has 5 nitrogen and oxygen atoms in total. The molecule has 0 amide bonds. The highest BCUT2D eigenvalue weighted by Gasteiger charge is 2.50. The van der Waals surface area contributed by atoms with Gasteiger partial charge in [-0.3, -0.25) is 0 Å². The number of benzene rings is 1. The van der Waals surface area contributed by atoms with Crippen LogP contribution < -0.4 is 10.6 Å². The number of nitrogens with two attached hydrogens (primary N) is 1. The Bertz CT molecular complexity index is 786. The van der Waals surface area contributed by atoms with Crippen molar-refractivity contribution in [2.45, 2.75) is 5.54 Å². The van der Waals surface area contributed by atoms with E-state index in [2.05, 4.69) is 9.97 Å². The summed E-state index contributed by atoms with van der Waals surface area (Å²) in [6.07, 6.45) is 2.31. The van der Waals surface area contributed by atoms with E-state index < -0.39 is 11.4 Å². The summed E-state index contributed by atoms with van der Waals surface area (Å²) in [5.41, 5.74) is 6.35. The molecular weight excluding hydrogens is 368 g/mol. The van der Waals surface area contributed by atoms with Crippen LogP contribution in [-0.2, 0) is 5.54 Å². The molecule has 132 valence electrons. The third-order valence-corrected chi connectivity index (χ3v) is 5.48. The monoisotopic (exact) mass is 383 g/mol. The van der Waals surface area contributed by atoms with E-state index in [-0.39, 0.29) is 24.1 Å². The van der Waals surface area contributed by atoms with Gasteiger partial charge in [0, 0.05) is 18.2 Å². The summed E-state index contributed by atoms with van der Waals surface area (Å²) in [6, 6.07) is 6.38. The Morgan fingerprint density at radius 1 is 1.12 bits per heavy atom. The predicted octanol–water partition coefficient (Wildman–Crippen LogP) is 2.57. The van der Waals surface area contributed by atoms with E-state index in [0.29, 0.717) is 24.2 Å². The average Bonchev–Trinajstić information content (AvgIpc) is 2.96. The molecule has 0 bridgehead atoms. The zero-order valence-corrected chi connectivity index (χ0v) is 14.7. The summed E-state index contributed by atoms with van der Waals surface area (Å²) in [5.74, 6) is 0.705. The first-order chi connectivity index (χ1) is 11.6. The highest BCUT2D eigenvalue weighted by atomic mass is 35.5. The fourth-order valence-electron chi connectivity index (χ4n) is 3.38. The van der Waals surface area contributed by atoms with Gasteiger partial charge in [-0.15, -0.1) is 12.4 Å². The summed E-state index contributed by atoms with van der Waals surface area (Å²) in [5, 5.41) is 0.525. The minimum absolute atomic E-state index is 0. The fourth-order valence-corrected chi connectivity index (χ4v) is 4.37. The SMILES string of the molecule is Cl.NC1=N[C@@]2(c3ccc(F)cc3)CN(c3ncc(F)cn3)C[C@H]2CS1. The highest BCUT2D eigenvalue weighted by molar-refractivity contribution is 8.13. The maximum atomic E-state index is 13.3. The van der Waals surface area contributed by atoms with Crippen molar-refractivity contribution in [2.75, 3.05) is 23.7 Å². The molecule has 0 radical (unpaired) electrons. The molecule has 2 N–H and O–H groups in total. The van der Waals surface area contributed by atoms with Gasteiger partial charge in [-0.25, -0.2) is 23.7 Å². The van der Waals surface area contributed by atoms with E-state index >= 15 is 0 Å². The van der Waals surface area contributed by atoms with Crippen molar-refractivity contribution in [1.82, 2.24) is 9.97 Å². The largest absolute Gasteiger partial charge is 0.379 e. The lowest BCUT2D eigenvalue weighted by molar-refractivity contribution is 0.387. The smallest absolute Gasteiger partial charge is 0.225 e. The van der Waals surface area contributed by atoms with Crippen molar-refractivity contribution in [2.24, 2.45) is 16.6 Å². The van der Waals surface area contributed by atoms with Gasteiger partial charge >= 0.3 is 0 Å². The first kappa shape index (κ1) is 17.9. The lowest BCUT2D eigenvalue weighted by Gasteiger charge is -2.34. The molecule has 0 spiro atoms. The van der Waals surface area contributed by atoms with E-state index in [1.54, 1.807) is 12.1 Å². The van der Waals surface area contributed by atoms with Crippen LogP contribution in [0.3, 0.4) is 0 Å². The van der Waals surface area contributed by atoms with Crippen molar-refractivity contribution >= 4 is 35.3 Å². The molecule has 1 saturated heterocycles. The zero-order valence-electron chi connectivity index (χ0n) is 13.1. The van der Waals surface area contributed by atoms with E-state index in [1.807, 2.05) is 4.90 Å². The Morgan fingerprint density at radius 2 is 1.80 bits per heavy atom. The molecule has 1 aromatic carbocycles. The van der Waals surface area contributed by atoms with Crippen molar-refractivity contribution in [1.29, 1.82) is 0 Å². The van der Waals surface area contributed by atoms with Crippen molar-refractivity contribution in [3.05, 3.63) is 53.9 Å². The van der Waals surface area contributed by atoms with E-state index in [0.717, 1.165) is 23.7 Å². The van der Waals surface area contributed by atoms with Crippen LogP contribution in [0.4, 0.5) is 14.7 Å². The number of aromatic nitrogens is 2. The molecule has 1 fully saturated rings. The van der Waals surface area contributed by atoms with Gasteiger partial charge in [0.05, 0.1) is 18.9 Å². The minimum Gasteiger partial charge on any atom is -0.379 e. The number of hydrogen-bond donors (Lipinski definition) is 1. The summed E-state index contributed by atoms with van der Waals surface area (Å²) in [7, 11) is 0. The molecule has 0 unspecified atom stereocenters. The molecule has 0 saturated carbocycles. The Morgan fingerprint density at radius 3 is 2.48 bits per heavy atom. The van der Waals surface area contributed by atoms with Gasteiger partial charge in [0.25, 0.3) is 0 Å². The lowest BCUT2D eigenvalue weighted by atomic mass is 9.82. The van der Waals surface area contributed by atoms with Crippen LogP contribution in [0.25, 0.3) is 0 Å². The zero-order chi connectivity index (χ0) is 16.7. The molecule has 1 aromatic heterocycles. The molecule has 2 aliphatic heterocycles. The van der Waals surface area contributed by atoms with E-state index in [4.69, 9.17) is 10.7 Å². The minimum atomic E-state index is -0.555. The molecule has 0 aliphatic carbocycles. The van der Waals surface area contributed by atoms with Gasteiger partial charge in [-0.2, -0.15) is 0 Å². The maximum absolute atomic E-state index is 13.3. The molecule has 3 heterocycles. The molecule has 2 aliphatic rings. The van der Waals surface area contributed by atoms with Crippen LogP contribution in [0.2, 0.25) is 0 Å². The highest BCUT2D eigenvalue weighted by Crippen LogP contribution is 2.45. The van der Waals surface area contributed by atoms with Gasteiger partial charge in [-0.1, -0.05) is 23.9 Å². The summed E-state index contributed by atoms with van der Waals surface area (Å²) in [4.78, 5) is 14.9. The first-order valence-electron chi connectivity index (χ1n) is 7.53. The number of hydrogen-bond acceptors (Lipinski definition) is 6. The molecule has 9 heteroatoms. The predicted molar refractivity (Wildman–Crippen MR) is 97.1 cm³/mol. The summed E-state index contributed by atoms with van der Waals surface area (Å²) in [6.45, 7) is 1.21. The topological polar surface area (TPSA) is 67.4 Å². The number of aliphatic imine (C=N–C) groups is 1. The number of amidine groups is 1. The van der Waals surface area contributed by atoms with Crippen LogP contribution in [0.5, 0.6) is 0 Å². The first-order valence-corrected chi connectivity index (χ1v) is 8.52. The van der Waals surface area contributed by atoms with Crippen LogP contribution in [-0.4, -0.2) is 34.0 Å². The Labute approximate surface area is 154 Å². The second-order valence-corrected chi connectivity index (χ2v) is 7.01. The number of halogens is 3. The number of thioether (sulfide) groups is 1. The second-order valence-electron chi connectivity index (χ2n) is 5.97. The number of anilines is 1. The molecular formula is C16H16ClF2N5S. The summed E-state index contributed by atoms with van der Waals surface area (Å²) < 4.78 is 26.4. The Kier molecular flexibility index (Phi) is 4.83. The van der Waals surface area contributed by atoms with E-state index in [1.165, 1.54) is 23.9 Å². The van der Waals surface area contributed by atoms with Gasteiger partial charge in [0.15, 0.2) is 11.0 Å². The summed E-state index contributed by atoms with van der Waals surface area (Å²) >= 11 is 1.52. The fraction of sp³-hybridized carbons (Fsp3) is 0.312. The third kappa shape index (κ3) is 3.16.